The smallest absolute Gasteiger partial charge is 0.416 e. The zero-order valence-electron chi connectivity index (χ0n) is 15.9. The third-order valence-corrected chi connectivity index (χ3v) is 4.83. The third-order valence-electron chi connectivity index (χ3n) is 4.83. The van der Waals surface area contributed by atoms with Gasteiger partial charge in [-0.05, 0) is 37.5 Å². The Morgan fingerprint density at radius 2 is 1.79 bits per heavy atom. The molecule has 0 radical (unpaired) electrons. The van der Waals surface area contributed by atoms with Crippen molar-refractivity contribution in [3.05, 3.63) is 35.1 Å². The molecule has 0 atom stereocenters. The molecule has 8 heteroatoms. The molecule has 1 fully saturated rings. The summed E-state index contributed by atoms with van der Waals surface area (Å²) < 4.78 is 57.2. The highest BCUT2D eigenvalue weighted by Crippen LogP contribution is 2.31. The van der Waals surface area contributed by atoms with E-state index in [1.807, 2.05) is 0 Å². The van der Waals surface area contributed by atoms with Crippen molar-refractivity contribution in [1.82, 2.24) is 4.90 Å². The van der Waals surface area contributed by atoms with Crippen LogP contribution in [0.5, 0.6) is 0 Å². The monoisotopic (exact) mass is 403 g/mol. The highest BCUT2D eigenvalue weighted by atomic mass is 19.4. The summed E-state index contributed by atoms with van der Waals surface area (Å²) in [5, 5.41) is 0. The van der Waals surface area contributed by atoms with Gasteiger partial charge in [0.15, 0.2) is 0 Å². The van der Waals surface area contributed by atoms with Crippen molar-refractivity contribution in [1.29, 1.82) is 0 Å². The number of piperidine rings is 1. The first-order chi connectivity index (χ1) is 13.2. The molecule has 0 bridgehead atoms. The SMILES string of the molecule is CCCCCCOC(=O)C1CCN(C(=O)c2cc(F)cc(C(F)(F)F)c2)CC1. The van der Waals surface area contributed by atoms with E-state index in [1.165, 1.54) is 4.90 Å². The summed E-state index contributed by atoms with van der Waals surface area (Å²) in [7, 11) is 0. The topological polar surface area (TPSA) is 46.6 Å². The van der Waals surface area contributed by atoms with Crippen LogP contribution in [0.15, 0.2) is 18.2 Å². The van der Waals surface area contributed by atoms with E-state index in [-0.39, 0.29) is 30.5 Å². The molecule has 1 aliphatic heterocycles. The molecule has 0 unspecified atom stereocenters. The lowest BCUT2D eigenvalue weighted by molar-refractivity contribution is -0.150. The fourth-order valence-electron chi connectivity index (χ4n) is 3.20. The van der Waals surface area contributed by atoms with Crippen LogP contribution in [0.4, 0.5) is 17.6 Å². The van der Waals surface area contributed by atoms with E-state index in [0.29, 0.717) is 31.6 Å². The van der Waals surface area contributed by atoms with E-state index in [9.17, 15) is 27.2 Å². The van der Waals surface area contributed by atoms with E-state index in [2.05, 4.69) is 6.92 Å². The molecular weight excluding hydrogens is 378 g/mol. The molecule has 156 valence electrons. The molecule has 0 N–H and O–H groups in total. The predicted molar refractivity (Wildman–Crippen MR) is 95.1 cm³/mol. The molecule has 1 saturated heterocycles. The molecule has 0 saturated carbocycles. The van der Waals surface area contributed by atoms with Crippen molar-refractivity contribution in [3.8, 4) is 0 Å². The van der Waals surface area contributed by atoms with Gasteiger partial charge < -0.3 is 9.64 Å². The summed E-state index contributed by atoms with van der Waals surface area (Å²) in [6.07, 6.45) is 0.0274. The van der Waals surface area contributed by atoms with Crippen LogP contribution in [0.3, 0.4) is 0 Å². The Morgan fingerprint density at radius 1 is 1.11 bits per heavy atom. The van der Waals surface area contributed by atoms with Gasteiger partial charge in [-0.2, -0.15) is 13.2 Å². The van der Waals surface area contributed by atoms with Crippen molar-refractivity contribution in [2.45, 2.75) is 51.6 Å². The van der Waals surface area contributed by atoms with Gasteiger partial charge >= 0.3 is 12.1 Å². The number of rotatable bonds is 7. The van der Waals surface area contributed by atoms with Crippen LogP contribution in [0.1, 0.15) is 61.4 Å². The van der Waals surface area contributed by atoms with Crippen LogP contribution >= 0.6 is 0 Å². The molecule has 28 heavy (non-hydrogen) atoms. The normalized spacial score (nSPS) is 15.5. The summed E-state index contributed by atoms with van der Waals surface area (Å²) in [6, 6.07) is 1.82. The minimum atomic E-state index is -4.73. The number of carbonyl (C=O) groups excluding carboxylic acids is 2. The van der Waals surface area contributed by atoms with Gasteiger partial charge in [-0.3, -0.25) is 9.59 Å². The van der Waals surface area contributed by atoms with Gasteiger partial charge in [-0.25, -0.2) is 4.39 Å². The maximum Gasteiger partial charge on any atom is 0.416 e. The average molecular weight is 403 g/mol. The lowest BCUT2D eigenvalue weighted by Crippen LogP contribution is -2.40. The number of benzene rings is 1. The van der Waals surface area contributed by atoms with E-state index < -0.39 is 23.5 Å². The highest BCUT2D eigenvalue weighted by Gasteiger charge is 2.33. The number of amides is 1. The molecule has 1 aliphatic rings. The maximum atomic E-state index is 13.5. The number of alkyl halides is 3. The van der Waals surface area contributed by atoms with Crippen LogP contribution in [0.2, 0.25) is 0 Å². The van der Waals surface area contributed by atoms with Crippen molar-refractivity contribution in [2.75, 3.05) is 19.7 Å². The van der Waals surface area contributed by atoms with Crippen LogP contribution < -0.4 is 0 Å². The van der Waals surface area contributed by atoms with Crippen molar-refractivity contribution in [2.24, 2.45) is 5.92 Å². The van der Waals surface area contributed by atoms with Gasteiger partial charge in [-0.15, -0.1) is 0 Å². The minimum absolute atomic E-state index is 0.215. The van der Waals surface area contributed by atoms with Crippen LogP contribution in [-0.2, 0) is 15.7 Å². The molecule has 0 aliphatic carbocycles. The van der Waals surface area contributed by atoms with Crippen molar-refractivity contribution < 1.29 is 31.9 Å². The molecule has 0 spiro atoms. The minimum Gasteiger partial charge on any atom is -0.465 e. The van der Waals surface area contributed by atoms with E-state index >= 15 is 0 Å². The summed E-state index contributed by atoms with van der Waals surface area (Å²) in [6.45, 7) is 2.90. The standard InChI is InChI=1S/C20H25F4NO3/c1-2-3-4-5-10-28-19(27)14-6-8-25(9-7-14)18(26)15-11-16(20(22,23)24)13-17(21)12-15/h11-14H,2-10H2,1H3. The first kappa shape index (κ1) is 22.2. The van der Waals surface area contributed by atoms with Gasteiger partial charge in [0.1, 0.15) is 5.82 Å². The lowest BCUT2D eigenvalue weighted by Gasteiger charge is -2.31. The van der Waals surface area contributed by atoms with E-state index in [4.69, 9.17) is 4.74 Å². The molecule has 1 aromatic rings. The predicted octanol–water partition coefficient (Wildman–Crippen LogP) is 4.82. The summed E-state index contributed by atoms with van der Waals surface area (Å²) >= 11 is 0. The Balaban J connectivity index is 1.88. The van der Waals surface area contributed by atoms with Crippen molar-refractivity contribution >= 4 is 11.9 Å². The summed E-state index contributed by atoms with van der Waals surface area (Å²) in [5.74, 6) is -2.40. The lowest BCUT2D eigenvalue weighted by atomic mass is 9.96. The quantitative estimate of drug-likeness (QED) is 0.373. The molecule has 1 heterocycles. The van der Waals surface area contributed by atoms with Crippen LogP contribution in [-0.4, -0.2) is 36.5 Å². The number of carbonyl (C=O) groups is 2. The summed E-state index contributed by atoms with van der Waals surface area (Å²) in [4.78, 5) is 25.9. The number of hydrogen-bond acceptors (Lipinski definition) is 3. The van der Waals surface area contributed by atoms with Gasteiger partial charge in [0.05, 0.1) is 18.1 Å². The number of likely N-dealkylation sites (tertiary alicyclic amines) is 1. The van der Waals surface area contributed by atoms with Gasteiger partial charge in [0.25, 0.3) is 5.91 Å². The number of halogens is 4. The number of ether oxygens (including phenoxy) is 1. The van der Waals surface area contributed by atoms with Gasteiger partial charge in [-0.1, -0.05) is 26.2 Å². The zero-order chi connectivity index (χ0) is 20.7. The Bertz CT molecular complexity index is 683. The van der Waals surface area contributed by atoms with E-state index in [1.54, 1.807) is 0 Å². The number of hydrogen-bond donors (Lipinski definition) is 0. The van der Waals surface area contributed by atoms with Crippen LogP contribution in [0, 0.1) is 11.7 Å². The van der Waals surface area contributed by atoms with Crippen LogP contribution in [0.25, 0.3) is 0 Å². The molecule has 1 aromatic carbocycles. The Hall–Kier alpha value is -2.12. The average Bonchev–Trinajstić information content (AvgIpc) is 2.66. The number of nitrogens with zero attached hydrogens (tertiary/aromatic N) is 1. The highest BCUT2D eigenvalue weighted by molar-refractivity contribution is 5.94. The van der Waals surface area contributed by atoms with Gasteiger partial charge in [0, 0.05) is 18.7 Å². The molecule has 1 amide bonds. The second-order valence-corrected chi connectivity index (χ2v) is 7.02. The summed E-state index contributed by atoms with van der Waals surface area (Å²) in [5.41, 5.74) is -1.54. The number of unbranched alkanes of at least 4 members (excludes halogenated alkanes) is 3. The largest absolute Gasteiger partial charge is 0.465 e. The Kier molecular flexibility index (Phi) is 7.83. The zero-order valence-corrected chi connectivity index (χ0v) is 15.9. The van der Waals surface area contributed by atoms with Crippen molar-refractivity contribution in [3.63, 3.8) is 0 Å². The molecular formula is C20H25F4NO3. The number of esters is 1. The van der Waals surface area contributed by atoms with Gasteiger partial charge in [0.2, 0.25) is 0 Å². The second-order valence-electron chi connectivity index (χ2n) is 7.02. The fraction of sp³-hybridized carbons (Fsp3) is 0.600. The molecule has 4 nitrogen and oxygen atoms in total. The Morgan fingerprint density at radius 3 is 2.39 bits per heavy atom. The first-order valence-electron chi connectivity index (χ1n) is 9.56. The molecule has 0 aromatic heterocycles. The van der Waals surface area contributed by atoms with E-state index in [0.717, 1.165) is 31.7 Å². The fourth-order valence-corrected chi connectivity index (χ4v) is 3.20. The third kappa shape index (κ3) is 6.21. The maximum absolute atomic E-state index is 13.5. The molecule has 2 rings (SSSR count). The second kappa shape index (κ2) is 9.89. The first-order valence-corrected chi connectivity index (χ1v) is 9.56. The Labute approximate surface area is 161 Å².